The largest absolute Gasteiger partial charge is 0.308 e. The van der Waals surface area contributed by atoms with Crippen molar-refractivity contribution in [2.24, 2.45) is 0 Å². The van der Waals surface area contributed by atoms with Crippen molar-refractivity contribution >= 4 is 43.6 Å². The van der Waals surface area contributed by atoms with Gasteiger partial charge < -0.3 is 9.13 Å². The van der Waals surface area contributed by atoms with E-state index in [0.717, 1.165) is 88.6 Å². The lowest BCUT2D eigenvalue weighted by Crippen LogP contribution is -2.07. The zero-order valence-corrected chi connectivity index (χ0v) is 35.2. The van der Waals surface area contributed by atoms with E-state index >= 15 is 8.78 Å². The Morgan fingerprint density at radius 3 is 1.20 bits per heavy atom. The van der Waals surface area contributed by atoms with E-state index in [1.54, 1.807) is 12.1 Å². The van der Waals surface area contributed by atoms with Crippen LogP contribution >= 0.6 is 0 Å². The summed E-state index contributed by atoms with van der Waals surface area (Å²) in [5.74, 6) is -1.46. The first-order chi connectivity index (χ1) is 32.5. The molecule has 0 aliphatic carbocycles. The number of hydrogen-bond donors (Lipinski definition) is 0. The van der Waals surface area contributed by atoms with Gasteiger partial charge in [-0.15, -0.1) is 0 Å². The van der Waals surface area contributed by atoms with Crippen LogP contribution in [0.3, 0.4) is 0 Å². The number of para-hydroxylation sites is 2. The van der Waals surface area contributed by atoms with Gasteiger partial charge in [0, 0.05) is 49.4 Å². The van der Waals surface area contributed by atoms with Crippen LogP contribution in [-0.2, 0) is 0 Å². The summed E-state index contributed by atoms with van der Waals surface area (Å²) in [5, 5.41) is 14.7. The first kappa shape index (κ1) is 38.7. The second kappa shape index (κ2) is 15.7. The molecular formula is C59H35F2N5. The maximum Gasteiger partial charge on any atom is 0.134 e. The van der Waals surface area contributed by atoms with Gasteiger partial charge in [0.15, 0.2) is 0 Å². The Balaban J connectivity index is 1.16. The Kier molecular flexibility index (Phi) is 9.18. The highest BCUT2D eigenvalue weighted by molar-refractivity contribution is 6.13. The maximum atomic E-state index is 16.8. The van der Waals surface area contributed by atoms with Crippen molar-refractivity contribution in [3.8, 4) is 73.6 Å². The minimum atomic E-state index is -0.728. The number of nitrogens with zero attached hydrogens (tertiary/aromatic N) is 5. The van der Waals surface area contributed by atoms with E-state index < -0.39 is 11.6 Å². The van der Waals surface area contributed by atoms with Crippen molar-refractivity contribution in [3.63, 3.8) is 0 Å². The number of hydrogen-bond acceptors (Lipinski definition) is 3. The molecule has 4 aromatic heterocycles. The van der Waals surface area contributed by atoms with Gasteiger partial charge in [0.25, 0.3) is 0 Å². The Bertz CT molecular complexity index is 3680. The van der Waals surface area contributed by atoms with E-state index in [0.29, 0.717) is 22.5 Å². The SMILES string of the molecule is N#Cc1cc(-n2c3ccccc3c3ccc(-c4cccc(-c5ccccc5)n4)cc32)c(-c2c(F)cccc2F)c(-n2c3ccccc3c3ccc(-c4cccc(-c5ccccc5)n4)cc32)c1. The lowest BCUT2D eigenvalue weighted by Gasteiger charge is -2.21. The summed E-state index contributed by atoms with van der Waals surface area (Å²) >= 11 is 0. The molecule has 0 atom stereocenters. The third kappa shape index (κ3) is 6.35. The molecule has 0 aliphatic rings. The molecule has 0 radical (unpaired) electrons. The molecule has 0 saturated carbocycles. The third-order valence-corrected chi connectivity index (χ3v) is 12.5. The van der Waals surface area contributed by atoms with Crippen LogP contribution < -0.4 is 0 Å². The van der Waals surface area contributed by atoms with Crippen molar-refractivity contribution in [1.29, 1.82) is 5.26 Å². The van der Waals surface area contributed by atoms with Crippen LogP contribution in [0.2, 0.25) is 0 Å². The van der Waals surface area contributed by atoms with Gasteiger partial charge in [-0.2, -0.15) is 5.26 Å². The molecule has 0 aliphatic heterocycles. The number of halogens is 2. The van der Waals surface area contributed by atoms with Crippen molar-refractivity contribution in [2.45, 2.75) is 0 Å². The molecule has 0 N–H and O–H groups in total. The number of rotatable bonds is 7. The molecule has 0 saturated heterocycles. The summed E-state index contributed by atoms with van der Waals surface area (Å²) < 4.78 is 37.7. The molecule has 7 heteroatoms. The summed E-state index contributed by atoms with van der Waals surface area (Å²) in [6.07, 6.45) is 0. The maximum absolute atomic E-state index is 16.8. The Hall–Kier alpha value is -8.99. The quantitative estimate of drug-likeness (QED) is 0.160. The highest BCUT2D eigenvalue weighted by Crippen LogP contribution is 2.45. The monoisotopic (exact) mass is 851 g/mol. The highest BCUT2D eigenvalue weighted by atomic mass is 19.1. The number of pyridine rings is 2. The predicted molar refractivity (Wildman–Crippen MR) is 263 cm³/mol. The fourth-order valence-electron chi connectivity index (χ4n) is 9.53. The van der Waals surface area contributed by atoms with E-state index in [1.165, 1.54) is 18.2 Å². The third-order valence-electron chi connectivity index (χ3n) is 12.5. The molecule has 0 fully saturated rings. The average molecular weight is 852 g/mol. The fourth-order valence-corrected chi connectivity index (χ4v) is 9.53. The standard InChI is InChI=1S/C59H35F2N5/c60-46-20-11-21-47(61)58(46)59-56(65-52-26-9-7-18-42(52)44-30-28-40(34-54(44)65)50-24-12-22-48(63-50)38-14-3-1-4-15-38)32-37(36-62)33-57(59)66-53-27-10-8-19-43(53)45-31-29-41(35-55(45)66)51-25-13-23-49(64-51)39-16-5-2-6-17-39/h1-35H. The number of benzene rings is 8. The molecular weight excluding hydrogens is 817 g/mol. The summed E-state index contributed by atoms with van der Waals surface area (Å²) in [6.45, 7) is 0. The summed E-state index contributed by atoms with van der Waals surface area (Å²) in [7, 11) is 0. The molecule has 12 rings (SSSR count). The van der Waals surface area contributed by atoms with Crippen molar-refractivity contribution in [3.05, 3.63) is 230 Å². The molecule has 0 amide bonds. The van der Waals surface area contributed by atoms with Crippen LogP contribution in [0, 0.1) is 23.0 Å². The molecule has 12 aromatic rings. The van der Waals surface area contributed by atoms with Gasteiger partial charge in [-0.3, -0.25) is 0 Å². The Morgan fingerprint density at radius 1 is 0.348 bits per heavy atom. The molecule has 8 aromatic carbocycles. The van der Waals surface area contributed by atoms with E-state index in [9.17, 15) is 5.26 Å². The smallest absolute Gasteiger partial charge is 0.134 e. The van der Waals surface area contributed by atoms with E-state index in [2.05, 4.69) is 54.6 Å². The zero-order valence-electron chi connectivity index (χ0n) is 35.2. The second-order valence-electron chi connectivity index (χ2n) is 16.3. The van der Waals surface area contributed by atoms with Crippen LogP contribution in [0.1, 0.15) is 5.56 Å². The van der Waals surface area contributed by atoms with Crippen LogP contribution in [0.5, 0.6) is 0 Å². The summed E-state index contributed by atoms with van der Waals surface area (Å²) in [4.78, 5) is 10.2. The predicted octanol–water partition coefficient (Wildman–Crippen LogP) is 15.2. The lowest BCUT2D eigenvalue weighted by atomic mass is 9.97. The van der Waals surface area contributed by atoms with Gasteiger partial charge in [0.05, 0.1) is 73.4 Å². The van der Waals surface area contributed by atoms with Gasteiger partial charge >= 0.3 is 0 Å². The van der Waals surface area contributed by atoms with Crippen LogP contribution in [0.15, 0.2) is 212 Å². The minimum absolute atomic E-state index is 0.203. The van der Waals surface area contributed by atoms with Crippen molar-refractivity contribution < 1.29 is 8.78 Å². The Morgan fingerprint density at radius 2 is 0.742 bits per heavy atom. The van der Waals surface area contributed by atoms with Crippen molar-refractivity contribution in [1.82, 2.24) is 19.1 Å². The topological polar surface area (TPSA) is 59.4 Å². The number of aromatic nitrogens is 4. The van der Waals surface area contributed by atoms with Crippen LogP contribution in [0.25, 0.3) is 111 Å². The van der Waals surface area contributed by atoms with Gasteiger partial charge in [-0.1, -0.05) is 140 Å². The van der Waals surface area contributed by atoms with Gasteiger partial charge in [-0.05, 0) is 72.8 Å². The van der Waals surface area contributed by atoms with Gasteiger partial charge in [0.1, 0.15) is 11.6 Å². The minimum Gasteiger partial charge on any atom is -0.308 e. The molecule has 0 spiro atoms. The fraction of sp³-hybridized carbons (Fsp3) is 0. The van der Waals surface area contributed by atoms with Crippen LogP contribution in [-0.4, -0.2) is 19.1 Å². The first-order valence-corrected chi connectivity index (χ1v) is 21.7. The van der Waals surface area contributed by atoms with Gasteiger partial charge in [0.2, 0.25) is 0 Å². The zero-order chi connectivity index (χ0) is 44.3. The van der Waals surface area contributed by atoms with E-state index in [4.69, 9.17) is 9.97 Å². The normalized spacial score (nSPS) is 11.5. The molecule has 310 valence electrons. The lowest BCUT2D eigenvalue weighted by molar-refractivity contribution is 0.589. The van der Waals surface area contributed by atoms with E-state index in [-0.39, 0.29) is 5.56 Å². The summed E-state index contributed by atoms with van der Waals surface area (Å²) in [5.41, 5.74) is 11.4. The second-order valence-corrected chi connectivity index (χ2v) is 16.3. The molecule has 4 heterocycles. The van der Waals surface area contributed by atoms with Gasteiger partial charge in [-0.25, -0.2) is 18.7 Å². The summed E-state index contributed by atoms with van der Waals surface area (Å²) in [6, 6.07) is 70.3. The average Bonchev–Trinajstić information content (AvgIpc) is 3.89. The van der Waals surface area contributed by atoms with Crippen LogP contribution in [0.4, 0.5) is 8.78 Å². The number of fused-ring (bicyclic) bond motifs is 6. The van der Waals surface area contributed by atoms with E-state index in [1.807, 2.05) is 143 Å². The molecule has 5 nitrogen and oxygen atoms in total. The van der Waals surface area contributed by atoms with Crippen molar-refractivity contribution in [2.75, 3.05) is 0 Å². The molecule has 66 heavy (non-hydrogen) atoms. The highest BCUT2D eigenvalue weighted by Gasteiger charge is 2.27. The first-order valence-electron chi connectivity index (χ1n) is 21.7. The molecule has 0 unspecified atom stereocenters. The Labute approximate surface area is 378 Å². The number of nitriles is 1. The molecule has 0 bridgehead atoms.